The quantitative estimate of drug-likeness (QED) is 0.488. The van der Waals surface area contributed by atoms with Gasteiger partial charge in [0.1, 0.15) is 0 Å². The summed E-state index contributed by atoms with van der Waals surface area (Å²) in [6.07, 6.45) is 2.77. The van der Waals surface area contributed by atoms with E-state index in [1.807, 2.05) is 0 Å². The lowest BCUT2D eigenvalue weighted by Gasteiger charge is -2.13. The smallest absolute Gasteiger partial charge is 0.0180 e. The summed E-state index contributed by atoms with van der Waals surface area (Å²) < 4.78 is 0. The lowest BCUT2D eigenvalue weighted by molar-refractivity contribution is 0.481. The van der Waals surface area contributed by atoms with Crippen molar-refractivity contribution >= 4 is 0 Å². The average Bonchev–Trinajstić information content (AvgIpc) is 2.10. The van der Waals surface area contributed by atoms with E-state index in [-0.39, 0.29) is 0 Å². The molecular formula is C10H18. The Bertz CT molecular complexity index is 135. The van der Waals surface area contributed by atoms with Gasteiger partial charge in [-0.3, -0.25) is 0 Å². The summed E-state index contributed by atoms with van der Waals surface area (Å²) >= 11 is 0. The molecule has 58 valence electrons. The van der Waals surface area contributed by atoms with Crippen LogP contribution >= 0.6 is 0 Å². The Morgan fingerprint density at radius 1 is 1.30 bits per heavy atom. The number of allylic oxidation sites excluding steroid dienone is 1. The topological polar surface area (TPSA) is 0 Å². The first-order valence-electron chi connectivity index (χ1n) is 4.26. The summed E-state index contributed by atoms with van der Waals surface area (Å²) in [5, 5.41) is 0. The van der Waals surface area contributed by atoms with E-state index in [2.05, 4.69) is 27.4 Å². The Balaban J connectivity index is 2.54. The molecule has 0 N–H and O–H groups in total. The van der Waals surface area contributed by atoms with Crippen LogP contribution in [0.5, 0.6) is 0 Å². The molecule has 10 heavy (non-hydrogen) atoms. The predicted octanol–water partition coefficient (Wildman–Crippen LogP) is 3.24. The van der Waals surface area contributed by atoms with Gasteiger partial charge in [0.15, 0.2) is 0 Å². The minimum absolute atomic E-state index is 0.815. The molecule has 1 saturated carbocycles. The molecule has 0 saturated heterocycles. The van der Waals surface area contributed by atoms with E-state index in [9.17, 15) is 0 Å². The Morgan fingerprint density at radius 2 is 1.90 bits per heavy atom. The molecule has 0 aromatic rings. The summed E-state index contributed by atoms with van der Waals surface area (Å²) in [6.45, 7) is 10.9. The van der Waals surface area contributed by atoms with Crippen molar-refractivity contribution in [2.45, 2.75) is 33.6 Å². The maximum atomic E-state index is 4.02. The van der Waals surface area contributed by atoms with Gasteiger partial charge >= 0.3 is 0 Å². The Kier molecular flexibility index (Phi) is 2.18. The van der Waals surface area contributed by atoms with E-state index in [1.165, 1.54) is 18.4 Å². The van der Waals surface area contributed by atoms with E-state index in [0.717, 1.165) is 17.8 Å². The van der Waals surface area contributed by atoms with Crippen molar-refractivity contribution in [1.29, 1.82) is 0 Å². The molecule has 1 rings (SSSR count). The molecule has 2 unspecified atom stereocenters. The number of rotatable bonds is 1. The highest BCUT2D eigenvalue weighted by atomic mass is 14.3. The molecule has 0 spiro atoms. The van der Waals surface area contributed by atoms with Crippen LogP contribution in [-0.4, -0.2) is 0 Å². The Morgan fingerprint density at radius 3 is 2.10 bits per heavy atom. The molecule has 0 nitrogen and oxygen atoms in total. The van der Waals surface area contributed by atoms with Gasteiger partial charge in [0.25, 0.3) is 0 Å². The molecule has 0 aliphatic heterocycles. The van der Waals surface area contributed by atoms with Crippen molar-refractivity contribution in [3.05, 3.63) is 12.2 Å². The van der Waals surface area contributed by atoms with E-state index in [4.69, 9.17) is 0 Å². The molecule has 0 heteroatoms. The van der Waals surface area contributed by atoms with Gasteiger partial charge in [-0.2, -0.15) is 0 Å². The first kappa shape index (κ1) is 7.84. The summed E-state index contributed by atoms with van der Waals surface area (Å²) in [6, 6.07) is 0. The fourth-order valence-corrected chi connectivity index (χ4v) is 2.25. The first-order chi connectivity index (χ1) is 4.61. The van der Waals surface area contributed by atoms with E-state index >= 15 is 0 Å². The Labute approximate surface area is 64.3 Å². The van der Waals surface area contributed by atoms with Gasteiger partial charge in [-0.1, -0.05) is 26.0 Å². The zero-order valence-corrected chi connectivity index (χ0v) is 7.35. The SMILES string of the molecule is C=C(C)C1C[C@H](C)CC1C. The zero-order chi connectivity index (χ0) is 7.72. The normalized spacial score (nSPS) is 40.1. The van der Waals surface area contributed by atoms with Crippen molar-refractivity contribution in [3.63, 3.8) is 0 Å². The molecule has 1 fully saturated rings. The minimum atomic E-state index is 0.815. The number of hydrogen-bond donors (Lipinski definition) is 0. The van der Waals surface area contributed by atoms with Gasteiger partial charge in [0.05, 0.1) is 0 Å². The average molecular weight is 138 g/mol. The standard InChI is InChI=1S/C10H18/c1-7(2)10-6-8(3)5-9(10)4/h8-10H,1,5-6H2,2-4H3/t8-,9?,10?/m1/s1. The monoisotopic (exact) mass is 138 g/mol. The van der Waals surface area contributed by atoms with Crippen LogP contribution in [0.25, 0.3) is 0 Å². The molecule has 0 bridgehead atoms. The van der Waals surface area contributed by atoms with Gasteiger partial charge in [-0.05, 0) is 37.5 Å². The number of hydrogen-bond acceptors (Lipinski definition) is 0. The van der Waals surface area contributed by atoms with Crippen LogP contribution in [0.3, 0.4) is 0 Å². The van der Waals surface area contributed by atoms with Crippen LogP contribution in [0.2, 0.25) is 0 Å². The third-order valence-electron chi connectivity index (χ3n) is 2.75. The van der Waals surface area contributed by atoms with Crippen LogP contribution in [-0.2, 0) is 0 Å². The van der Waals surface area contributed by atoms with Crippen molar-refractivity contribution < 1.29 is 0 Å². The minimum Gasteiger partial charge on any atom is -0.0999 e. The molecule has 0 radical (unpaired) electrons. The summed E-state index contributed by atoms with van der Waals surface area (Å²) in [4.78, 5) is 0. The molecule has 1 aliphatic carbocycles. The van der Waals surface area contributed by atoms with Crippen LogP contribution in [0.4, 0.5) is 0 Å². The lowest BCUT2D eigenvalue weighted by atomic mass is 9.92. The van der Waals surface area contributed by atoms with Gasteiger partial charge in [-0.15, -0.1) is 0 Å². The second kappa shape index (κ2) is 2.77. The maximum absolute atomic E-state index is 4.02. The largest absolute Gasteiger partial charge is 0.0999 e. The van der Waals surface area contributed by atoms with E-state index in [1.54, 1.807) is 0 Å². The summed E-state index contributed by atoms with van der Waals surface area (Å²) in [7, 11) is 0. The fourth-order valence-electron chi connectivity index (χ4n) is 2.25. The zero-order valence-electron chi connectivity index (χ0n) is 7.35. The highest BCUT2D eigenvalue weighted by molar-refractivity contribution is 5.01. The van der Waals surface area contributed by atoms with Crippen molar-refractivity contribution in [2.75, 3.05) is 0 Å². The molecule has 0 heterocycles. The van der Waals surface area contributed by atoms with Crippen molar-refractivity contribution in [1.82, 2.24) is 0 Å². The Hall–Kier alpha value is -0.260. The summed E-state index contributed by atoms with van der Waals surface area (Å²) in [5.74, 6) is 2.62. The van der Waals surface area contributed by atoms with Crippen LogP contribution in [0.15, 0.2) is 12.2 Å². The lowest BCUT2D eigenvalue weighted by Crippen LogP contribution is -2.03. The van der Waals surface area contributed by atoms with E-state index < -0.39 is 0 Å². The highest BCUT2D eigenvalue weighted by Gasteiger charge is 2.28. The molecule has 0 amide bonds. The molecule has 3 atom stereocenters. The maximum Gasteiger partial charge on any atom is -0.0180 e. The van der Waals surface area contributed by atoms with E-state index in [0.29, 0.717) is 0 Å². The highest BCUT2D eigenvalue weighted by Crippen LogP contribution is 2.39. The first-order valence-corrected chi connectivity index (χ1v) is 4.26. The summed E-state index contributed by atoms with van der Waals surface area (Å²) in [5.41, 5.74) is 1.39. The van der Waals surface area contributed by atoms with Gasteiger partial charge in [-0.25, -0.2) is 0 Å². The predicted molar refractivity (Wildman–Crippen MR) is 45.9 cm³/mol. The molecular weight excluding hydrogens is 120 g/mol. The molecule has 0 aromatic carbocycles. The third kappa shape index (κ3) is 1.42. The van der Waals surface area contributed by atoms with Gasteiger partial charge < -0.3 is 0 Å². The van der Waals surface area contributed by atoms with Gasteiger partial charge in [0.2, 0.25) is 0 Å². The van der Waals surface area contributed by atoms with Crippen LogP contribution in [0, 0.1) is 17.8 Å². The van der Waals surface area contributed by atoms with Gasteiger partial charge in [0, 0.05) is 0 Å². The van der Waals surface area contributed by atoms with Crippen molar-refractivity contribution in [3.8, 4) is 0 Å². The second-order valence-electron chi connectivity index (χ2n) is 4.01. The molecule has 1 aliphatic rings. The fraction of sp³-hybridized carbons (Fsp3) is 0.800. The third-order valence-corrected chi connectivity index (χ3v) is 2.75. The second-order valence-corrected chi connectivity index (χ2v) is 4.01. The van der Waals surface area contributed by atoms with Crippen molar-refractivity contribution in [2.24, 2.45) is 17.8 Å². The van der Waals surface area contributed by atoms with Crippen LogP contribution in [0.1, 0.15) is 33.6 Å². The molecule has 0 aromatic heterocycles. The van der Waals surface area contributed by atoms with Crippen LogP contribution < -0.4 is 0 Å².